The quantitative estimate of drug-likeness (QED) is 0.520. The summed E-state index contributed by atoms with van der Waals surface area (Å²) in [5.41, 5.74) is 0.663. The van der Waals surface area contributed by atoms with Gasteiger partial charge in [0.05, 0.1) is 12.9 Å². The summed E-state index contributed by atoms with van der Waals surface area (Å²) in [6, 6.07) is 9.10. The molecule has 0 N–H and O–H groups in total. The van der Waals surface area contributed by atoms with E-state index in [4.69, 9.17) is 4.74 Å². The zero-order valence-electron chi connectivity index (χ0n) is 11.1. The summed E-state index contributed by atoms with van der Waals surface area (Å²) < 4.78 is 21.1. The molecule has 0 atom stereocenters. The van der Waals surface area contributed by atoms with Crippen LogP contribution in [0.25, 0.3) is 11.3 Å². The van der Waals surface area contributed by atoms with Crippen molar-refractivity contribution >= 4 is 22.6 Å². The van der Waals surface area contributed by atoms with Gasteiger partial charge in [-0.25, -0.2) is 4.39 Å². The summed E-state index contributed by atoms with van der Waals surface area (Å²) in [5, 5.41) is 0. The topological polar surface area (TPSA) is 31.2 Å². The van der Waals surface area contributed by atoms with Crippen molar-refractivity contribution in [3.05, 3.63) is 50.1 Å². The molecule has 0 aliphatic rings. The number of benzene rings is 1. The minimum absolute atomic E-state index is 0. The predicted molar refractivity (Wildman–Crippen MR) is 79.9 cm³/mol. The average Bonchev–Trinajstić information content (AvgIpc) is 2.42. The third-order valence-electron chi connectivity index (χ3n) is 2.80. The van der Waals surface area contributed by atoms with Crippen LogP contribution in [0.1, 0.15) is 6.92 Å². The summed E-state index contributed by atoms with van der Waals surface area (Å²) in [5.74, 6) is 0.00978. The van der Waals surface area contributed by atoms with E-state index in [9.17, 15) is 9.18 Å². The molecule has 0 saturated carbocycles. The smallest absolute Gasteiger partial charge is 0.207 e. The summed E-state index contributed by atoms with van der Waals surface area (Å²) in [6.45, 7) is 2.31. The summed E-state index contributed by atoms with van der Waals surface area (Å²) in [4.78, 5) is 12.0. The van der Waals surface area contributed by atoms with Crippen LogP contribution in [0.5, 0.6) is 5.75 Å². The van der Waals surface area contributed by atoms with Gasteiger partial charge in [0.25, 0.3) is 0 Å². The van der Waals surface area contributed by atoms with E-state index < -0.39 is 5.82 Å². The van der Waals surface area contributed by atoms with Crippen molar-refractivity contribution in [3.8, 4) is 17.0 Å². The Hall–Kier alpha value is -0.266. The number of pyridine rings is 1. The molecule has 2 rings (SSSR count). The van der Waals surface area contributed by atoms with Gasteiger partial charge in [0.1, 0.15) is 5.75 Å². The Morgan fingerprint density at radius 3 is 2.70 bits per heavy atom. The third-order valence-corrected chi connectivity index (χ3v) is 3.58. The van der Waals surface area contributed by atoms with Crippen LogP contribution >= 0.6 is 22.6 Å². The van der Waals surface area contributed by atoms with Crippen molar-refractivity contribution in [2.45, 2.75) is 13.5 Å². The van der Waals surface area contributed by atoms with E-state index in [0.717, 1.165) is 0 Å². The van der Waals surface area contributed by atoms with Crippen molar-refractivity contribution in [2.75, 3.05) is 7.11 Å². The van der Waals surface area contributed by atoms with Crippen LogP contribution in [0.2, 0.25) is 0 Å². The van der Waals surface area contributed by atoms with Crippen LogP contribution in [0.3, 0.4) is 0 Å². The van der Waals surface area contributed by atoms with Gasteiger partial charge in [-0.05, 0) is 16.6 Å². The molecule has 3 nitrogen and oxygen atoms in total. The zero-order chi connectivity index (χ0) is 14.0. The summed E-state index contributed by atoms with van der Waals surface area (Å²) >= 11 is 1.95. The van der Waals surface area contributed by atoms with Gasteiger partial charge >= 0.3 is 0 Å². The standard InChI is InChI=1S/C14H12FINO2.Y/c1-3-17-13(7-6-12(16)14(17)18)10-5-4-9(19-2)8-11(10)15;/h4-6,8H,3H2,1-2H3;/q-1;. The van der Waals surface area contributed by atoms with Crippen LogP contribution in [0.4, 0.5) is 4.39 Å². The number of nitrogens with zero attached hydrogens (tertiary/aromatic N) is 1. The van der Waals surface area contributed by atoms with Crippen molar-refractivity contribution in [3.63, 3.8) is 0 Å². The Labute approximate surface area is 155 Å². The Balaban J connectivity index is 0.00000200. The van der Waals surface area contributed by atoms with E-state index in [-0.39, 0.29) is 38.3 Å². The molecule has 0 spiro atoms. The monoisotopic (exact) mass is 461 g/mol. The van der Waals surface area contributed by atoms with Gasteiger partial charge in [0.2, 0.25) is 5.56 Å². The van der Waals surface area contributed by atoms with Crippen molar-refractivity contribution in [2.24, 2.45) is 0 Å². The van der Waals surface area contributed by atoms with Gasteiger partial charge in [-0.1, -0.05) is 11.3 Å². The molecule has 0 bridgehead atoms. The van der Waals surface area contributed by atoms with Crippen LogP contribution in [-0.2, 0) is 39.3 Å². The number of ether oxygens (including phenoxy) is 1. The van der Waals surface area contributed by atoms with E-state index in [0.29, 0.717) is 27.1 Å². The molecule has 0 fully saturated rings. The minimum atomic E-state index is -0.432. The Kier molecular flexibility index (Phi) is 6.81. The maximum absolute atomic E-state index is 14.1. The largest absolute Gasteiger partial charge is 0.497 e. The van der Waals surface area contributed by atoms with Gasteiger partial charge in [-0.2, -0.15) is 12.1 Å². The summed E-state index contributed by atoms with van der Waals surface area (Å²) in [6.07, 6.45) is 0. The molecular formula is C14H12FINO2Y-. The molecule has 103 valence electrons. The second-order valence-corrected chi connectivity index (χ2v) is 5.04. The molecule has 0 unspecified atom stereocenters. The van der Waals surface area contributed by atoms with Crippen LogP contribution in [-0.4, -0.2) is 11.7 Å². The second kappa shape index (κ2) is 7.66. The number of halogens is 2. The van der Waals surface area contributed by atoms with Gasteiger partial charge in [0.15, 0.2) is 0 Å². The maximum Gasteiger partial charge on any atom is 0.207 e. The van der Waals surface area contributed by atoms with Gasteiger partial charge in [-0.3, -0.25) is 4.79 Å². The van der Waals surface area contributed by atoms with Gasteiger partial charge in [-0.15, -0.1) is 28.7 Å². The van der Waals surface area contributed by atoms with E-state index in [2.05, 4.69) is 6.07 Å². The molecule has 6 heteroatoms. The zero-order valence-corrected chi connectivity index (χ0v) is 16.1. The molecule has 1 aromatic carbocycles. The van der Waals surface area contributed by atoms with E-state index in [1.165, 1.54) is 17.7 Å². The third kappa shape index (κ3) is 3.49. The fraction of sp³-hybridized carbons (Fsp3) is 0.214. The van der Waals surface area contributed by atoms with Crippen molar-refractivity contribution in [1.82, 2.24) is 4.57 Å². The fourth-order valence-electron chi connectivity index (χ4n) is 1.84. The van der Waals surface area contributed by atoms with Crippen molar-refractivity contribution < 1.29 is 41.8 Å². The van der Waals surface area contributed by atoms with Crippen LogP contribution in [0.15, 0.2) is 29.1 Å². The van der Waals surface area contributed by atoms with Crippen LogP contribution in [0, 0.1) is 15.5 Å². The molecule has 1 radical (unpaired) electrons. The molecular weight excluding hydrogens is 449 g/mol. The molecule has 2 aromatic rings. The average molecular weight is 461 g/mol. The second-order valence-electron chi connectivity index (χ2n) is 3.88. The normalized spacial score (nSPS) is 10.0. The van der Waals surface area contributed by atoms with Crippen molar-refractivity contribution in [1.29, 1.82) is 0 Å². The Morgan fingerprint density at radius 2 is 2.15 bits per heavy atom. The summed E-state index contributed by atoms with van der Waals surface area (Å²) in [7, 11) is 1.48. The van der Waals surface area contributed by atoms with Gasteiger partial charge < -0.3 is 9.30 Å². The number of rotatable bonds is 3. The van der Waals surface area contributed by atoms with E-state index in [1.54, 1.807) is 18.2 Å². The Morgan fingerprint density at radius 1 is 1.45 bits per heavy atom. The molecule has 1 aromatic heterocycles. The van der Waals surface area contributed by atoms with Gasteiger partial charge in [0, 0.05) is 45.3 Å². The van der Waals surface area contributed by atoms with E-state index >= 15 is 0 Å². The van der Waals surface area contributed by atoms with E-state index in [1.807, 2.05) is 29.5 Å². The molecule has 1 heterocycles. The first-order chi connectivity index (χ1) is 9.08. The predicted octanol–water partition coefficient (Wildman–Crippen LogP) is 3.09. The maximum atomic E-state index is 14.1. The number of aromatic nitrogens is 1. The Bertz CT molecular complexity index is 673. The molecule has 20 heavy (non-hydrogen) atoms. The first kappa shape index (κ1) is 17.8. The first-order valence-corrected chi connectivity index (χ1v) is 6.81. The molecule has 0 saturated heterocycles. The molecule has 0 aliphatic carbocycles. The molecule has 0 amide bonds. The first-order valence-electron chi connectivity index (χ1n) is 5.73. The fourth-order valence-corrected chi connectivity index (χ4v) is 2.29. The van der Waals surface area contributed by atoms with Crippen LogP contribution < -0.4 is 10.3 Å². The number of methoxy groups -OCH3 is 1. The number of hydrogen-bond donors (Lipinski definition) is 0. The SMILES string of the molecule is CCn1c(-c2ccc(OC)cc2F)[c-]cc(I)c1=O.[Y]. The number of hydrogen-bond acceptors (Lipinski definition) is 2. The molecule has 0 aliphatic heterocycles. The minimum Gasteiger partial charge on any atom is -0.497 e.